The van der Waals surface area contributed by atoms with Crippen LogP contribution in [0.1, 0.15) is 35.5 Å². The molecule has 1 aromatic heterocycles. The van der Waals surface area contributed by atoms with Crippen molar-refractivity contribution in [3.63, 3.8) is 0 Å². The zero-order valence-corrected chi connectivity index (χ0v) is 13.5. The lowest BCUT2D eigenvalue weighted by Crippen LogP contribution is -2.19. The van der Waals surface area contributed by atoms with Crippen molar-refractivity contribution in [3.8, 4) is 0 Å². The van der Waals surface area contributed by atoms with Crippen LogP contribution in [0.25, 0.3) is 0 Å². The summed E-state index contributed by atoms with van der Waals surface area (Å²) in [6, 6.07) is 8.63. The first-order chi connectivity index (χ1) is 9.00. The van der Waals surface area contributed by atoms with Crippen LogP contribution in [-0.2, 0) is 13.6 Å². The van der Waals surface area contributed by atoms with Crippen molar-refractivity contribution in [2.24, 2.45) is 7.05 Å². The van der Waals surface area contributed by atoms with Crippen molar-refractivity contribution >= 4 is 15.9 Å². The Balaban J connectivity index is 2.09. The molecule has 1 heterocycles. The Morgan fingerprint density at radius 2 is 2.00 bits per heavy atom. The smallest absolute Gasteiger partial charge is 0.0641 e. The Morgan fingerprint density at radius 3 is 2.58 bits per heavy atom. The molecule has 19 heavy (non-hydrogen) atoms. The number of hydrogen-bond donors (Lipinski definition) is 1. The van der Waals surface area contributed by atoms with Crippen molar-refractivity contribution in [2.45, 2.75) is 33.4 Å². The van der Waals surface area contributed by atoms with Gasteiger partial charge in [0.1, 0.15) is 0 Å². The van der Waals surface area contributed by atoms with Crippen molar-refractivity contribution in [2.75, 3.05) is 0 Å². The zero-order valence-electron chi connectivity index (χ0n) is 11.9. The topological polar surface area (TPSA) is 29.9 Å². The molecule has 2 rings (SSSR count). The van der Waals surface area contributed by atoms with Crippen molar-refractivity contribution < 1.29 is 0 Å². The normalized spacial score (nSPS) is 12.7. The molecule has 0 aliphatic rings. The molecule has 0 saturated heterocycles. The Bertz CT molecular complexity index is 575. The first kappa shape index (κ1) is 14.3. The van der Waals surface area contributed by atoms with Gasteiger partial charge in [-0.1, -0.05) is 34.1 Å². The lowest BCUT2D eigenvalue weighted by Gasteiger charge is -2.16. The van der Waals surface area contributed by atoms with Gasteiger partial charge in [-0.2, -0.15) is 5.10 Å². The van der Waals surface area contributed by atoms with E-state index in [9.17, 15) is 0 Å². The Kier molecular flexibility index (Phi) is 4.42. The van der Waals surface area contributed by atoms with Crippen molar-refractivity contribution in [3.05, 3.63) is 51.3 Å². The molecule has 0 saturated carbocycles. The minimum absolute atomic E-state index is 0.301. The predicted octanol–water partition coefficient (Wildman–Crippen LogP) is 3.65. The van der Waals surface area contributed by atoms with Crippen LogP contribution in [-0.4, -0.2) is 9.78 Å². The highest BCUT2D eigenvalue weighted by atomic mass is 79.9. The van der Waals surface area contributed by atoms with E-state index in [-0.39, 0.29) is 0 Å². The molecule has 0 amide bonds. The molecule has 102 valence electrons. The quantitative estimate of drug-likeness (QED) is 0.931. The van der Waals surface area contributed by atoms with E-state index in [1.54, 1.807) is 0 Å². The van der Waals surface area contributed by atoms with E-state index in [4.69, 9.17) is 0 Å². The Labute approximate surface area is 123 Å². The minimum atomic E-state index is 0.301. The maximum Gasteiger partial charge on any atom is 0.0641 e. The molecular formula is C15H20BrN3. The molecule has 3 nitrogen and oxygen atoms in total. The maximum absolute atomic E-state index is 4.45. The predicted molar refractivity (Wildman–Crippen MR) is 82.1 cm³/mol. The standard InChI is InChI=1S/C15H20BrN3/c1-10(13-7-5-6-8-15(13)16)17-9-14-11(2)18-19(4)12(14)3/h5-8,10,17H,9H2,1-4H3/t10-/m0/s1. The van der Waals surface area contributed by atoms with Gasteiger partial charge in [0.25, 0.3) is 0 Å². The number of aryl methyl sites for hydroxylation is 2. The maximum atomic E-state index is 4.45. The molecule has 0 aliphatic carbocycles. The van der Waals surface area contributed by atoms with Gasteiger partial charge < -0.3 is 5.32 Å². The monoisotopic (exact) mass is 321 g/mol. The Morgan fingerprint density at radius 1 is 1.32 bits per heavy atom. The molecule has 0 unspecified atom stereocenters. The van der Waals surface area contributed by atoms with Gasteiger partial charge in [0.05, 0.1) is 5.69 Å². The molecule has 1 atom stereocenters. The van der Waals surface area contributed by atoms with Crippen LogP contribution in [0.2, 0.25) is 0 Å². The van der Waals surface area contributed by atoms with Crippen LogP contribution >= 0.6 is 15.9 Å². The summed E-state index contributed by atoms with van der Waals surface area (Å²) in [7, 11) is 1.99. The minimum Gasteiger partial charge on any atom is -0.306 e. The summed E-state index contributed by atoms with van der Waals surface area (Å²) in [4.78, 5) is 0. The third kappa shape index (κ3) is 3.07. The highest BCUT2D eigenvalue weighted by molar-refractivity contribution is 9.10. The van der Waals surface area contributed by atoms with E-state index in [2.05, 4.69) is 65.3 Å². The van der Waals surface area contributed by atoms with Crippen LogP contribution in [0.5, 0.6) is 0 Å². The second-order valence-corrected chi connectivity index (χ2v) is 5.75. The summed E-state index contributed by atoms with van der Waals surface area (Å²) in [5.41, 5.74) is 4.90. The van der Waals surface area contributed by atoms with Crippen LogP contribution in [0, 0.1) is 13.8 Å². The van der Waals surface area contributed by atoms with Gasteiger partial charge in [0, 0.05) is 35.4 Å². The summed E-state index contributed by atoms with van der Waals surface area (Å²) in [5.74, 6) is 0. The summed E-state index contributed by atoms with van der Waals surface area (Å²) < 4.78 is 3.09. The van der Waals surface area contributed by atoms with E-state index < -0.39 is 0 Å². The van der Waals surface area contributed by atoms with E-state index in [1.807, 2.05) is 17.8 Å². The molecule has 0 spiro atoms. The molecule has 0 bridgehead atoms. The SMILES string of the molecule is Cc1nn(C)c(C)c1CN[C@@H](C)c1ccccc1Br. The van der Waals surface area contributed by atoms with Crippen LogP contribution in [0.15, 0.2) is 28.7 Å². The number of nitrogens with zero attached hydrogens (tertiary/aromatic N) is 2. The first-order valence-corrected chi connectivity index (χ1v) is 7.27. The number of nitrogens with one attached hydrogen (secondary N) is 1. The van der Waals surface area contributed by atoms with Crippen LogP contribution in [0.3, 0.4) is 0 Å². The van der Waals surface area contributed by atoms with E-state index in [1.165, 1.54) is 16.8 Å². The number of halogens is 1. The highest BCUT2D eigenvalue weighted by Crippen LogP contribution is 2.23. The lowest BCUT2D eigenvalue weighted by atomic mass is 10.1. The average molecular weight is 322 g/mol. The fourth-order valence-corrected chi connectivity index (χ4v) is 2.89. The number of hydrogen-bond acceptors (Lipinski definition) is 2. The van der Waals surface area contributed by atoms with E-state index in [0.717, 1.165) is 16.7 Å². The Hall–Kier alpha value is -1.13. The van der Waals surface area contributed by atoms with Gasteiger partial charge >= 0.3 is 0 Å². The second kappa shape index (κ2) is 5.88. The molecule has 1 aromatic carbocycles. The molecule has 0 radical (unpaired) electrons. The first-order valence-electron chi connectivity index (χ1n) is 6.47. The third-order valence-corrected chi connectivity index (χ3v) is 4.34. The number of benzene rings is 1. The summed E-state index contributed by atoms with van der Waals surface area (Å²) in [6.07, 6.45) is 0. The second-order valence-electron chi connectivity index (χ2n) is 4.90. The largest absolute Gasteiger partial charge is 0.306 e. The van der Waals surface area contributed by atoms with Gasteiger partial charge in [-0.15, -0.1) is 0 Å². The van der Waals surface area contributed by atoms with Crippen LogP contribution in [0.4, 0.5) is 0 Å². The zero-order chi connectivity index (χ0) is 14.0. The number of rotatable bonds is 4. The molecule has 2 aromatic rings. The van der Waals surface area contributed by atoms with Crippen LogP contribution < -0.4 is 5.32 Å². The van der Waals surface area contributed by atoms with Gasteiger partial charge in [-0.25, -0.2) is 0 Å². The fourth-order valence-electron chi connectivity index (χ4n) is 2.26. The third-order valence-electron chi connectivity index (χ3n) is 3.62. The average Bonchev–Trinajstić information content (AvgIpc) is 2.61. The molecule has 1 N–H and O–H groups in total. The van der Waals surface area contributed by atoms with Crippen molar-refractivity contribution in [1.82, 2.24) is 15.1 Å². The fraction of sp³-hybridized carbons (Fsp3) is 0.400. The van der Waals surface area contributed by atoms with Gasteiger partial charge in [-0.05, 0) is 32.4 Å². The molecule has 0 aliphatic heterocycles. The summed E-state index contributed by atoms with van der Waals surface area (Å²) in [5, 5.41) is 8.01. The van der Waals surface area contributed by atoms with Crippen molar-refractivity contribution in [1.29, 1.82) is 0 Å². The van der Waals surface area contributed by atoms with Gasteiger partial charge in [-0.3, -0.25) is 4.68 Å². The van der Waals surface area contributed by atoms with E-state index >= 15 is 0 Å². The highest BCUT2D eigenvalue weighted by Gasteiger charge is 2.12. The van der Waals surface area contributed by atoms with Gasteiger partial charge in [0.15, 0.2) is 0 Å². The molecule has 0 fully saturated rings. The summed E-state index contributed by atoms with van der Waals surface area (Å²) in [6.45, 7) is 7.20. The lowest BCUT2D eigenvalue weighted by molar-refractivity contribution is 0.569. The summed E-state index contributed by atoms with van der Waals surface area (Å²) >= 11 is 3.60. The van der Waals surface area contributed by atoms with Gasteiger partial charge in [0.2, 0.25) is 0 Å². The number of aromatic nitrogens is 2. The molecule has 4 heteroatoms. The molecular weight excluding hydrogens is 302 g/mol. The van der Waals surface area contributed by atoms with E-state index in [0.29, 0.717) is 6.04 Å².